The van der Waals surface area contributed by atoms with Gasteiger partial charge in [-0.05, 0) is 23.8 Å². The Morgan fingerprint density at radius 3 is 2.75 bits per heavy atom. The molecule has 2 heterocycles. The summed E-state index contributed by atoms with van der Waals surface area (Å²) >= 11 is 1.67. The van der Waals surface area contributed by atoms with E-state index >= 15 is 0 Å². The Kier molecular flexibility index (Phi) is 5.17. The highest BCUT2D eigenvalue weighted by Crippen LogP contribution is 2.48. The van der Waals surface area contributed by atoms with Crippen molar-refractivity contribution in [3.63, 3.8) is 0 Å². The Balaban J connectivity index is 1.76. The summed E-state index contributed by atoms with van der Waals surface area (Å²) in [5.74, 6) is 1.60. The van der Waals surface area contributed by atoms with Crippen LogP contribution in [0.1, 0.15) is 22.8 Å². The topological polar surface area (TPSA) is 47.6 Å². The minimum Gasteiger partial charge on any atom is -0.497 e. The van der Waals surface area contributed by atoms with Crippen molar-refractivity contribution < 1.29 is 14.3 Å². The Morgan fingerprint density at radius 1 is 1.21 bits per heavy atom. The van der Waals surface area contributed by atoms with Crippen molar-refractivity contribution in [2.24, 2.45) is 0 Å². The summed E-state index contributed by atoms with van der Waals surface area (Å²) in [5.41, 5.74) is 4.01. The number of nitrogens with one attached hydrogen (secondary N) is 1. The minimum atomic E-state index is -0.0261. The number of carbonyl (C=O) groups excluding carboxylic acids is 1. The molecule has 1 aliphatic heterocycles. The second-order valence-electron chi connectivity index (χ2n) is 6.56. The smallest absolute Gasteiger partial charge is 0.225 e. The SMILES string of the molecule is C=CCOc1ccccc1C1CC(=O)Nc2c(-c3ccc(OC)cc3)csc21. The van der Waals surface area contributed by atoms with E-state index in [4.69, 9.17) is 9.47 Å². The Labute approximate surface area is 168 Å². The number of rotatable bonds is 6. The first-order valence-electron chi connectivity index (χ1n) is 9.09. The van der Waals surface area contributed by atoms with Crippen molar-refractivity contribution in [1.29, 1.82) is 0 Å². The Bertz CT molecular complexity index is 1010. The number of hydrogen-bond acceptors (Lipinski definition) is 4. The summed E-state index contributed by atoms with van der Waals surface area (Å²) in [5, 5.41) is 5.19. The number of benzene rings is 2. The van der Waals surface area contributed by atoms with Crippen molar-refractivity contribution in [2.45, 2.75) is 12.3 Å². The molecule has 4 nitrogen and oxygen atoms in total. The van der Waals surface area contributed by atoms with Gasteiger partial charge in [0.15, 0.2) is 0 Å². The van der Waals surface area contributed by atoms with Crippen molar-refractivity contribution in [2.75, 3.05) is 19.0 Å². The first-order chi connectivity index (χ1) is 13.7. The number of para-hydroxylation sites is 1. The lowest BCUT2D eigenvalue weighted by molar-refractivity contribution is -0.116. The molecule has 1 aromatic heterocycles. The van der Waals surface area contributed by atoms with Gasteiger partial charge in [0, 0.05) is 33.7 Å². The summed E-state index contributed by atoms with van der Waals surface area (Å²) < 4.78 is 11.1. The molecule has 0 fully saturated rings. The van der Waals surface area contributed by atoms with Crippen LogP contribution in [0.15, 0.2) is 66.6 Å². The molecule has 1 unspecified atom stereocenters. The minimum absolute atomic E-state index is 0.0178. The van der Waals surface area contributed by atoms with Gasteiger partial charge >= 0.3 is 0 Å². The molecule has 2 aromatic carbocycles. The summed E-state index contributed by atoms with van der Waals surface area (Å²) in [4.78, 5) is 13.7. The van der Waals surface area contributed by atoms with Crippen LogP contribution in [-0.4, -0.2) is 19.6 Å². The molecule has 1 amide bonds. The summed E-state index contributed by atoms with van der Waals surface area (Å²) in [6.45, 7) is 4.15. The van der Waals surface area contributed by atoms with Gasteiger partial charge in [0.05, 0.1) is 12.8 Å². The number of ether oxygens (including phenoxy) is 2. The van der Waals surface area contributed by atoms with Gasteiger partial charge in [-0.15, -0.1) is 11.3 Å². The fourth-order valence-electron chi connectivity index (χ4n) is 3.51. The Morgan fingerprint density at radius 2 is 2.00 bits per heavy atom. The normalized spacial score (nSPS) is 15.5. The van der Waals surface area contributed by atoms with Gasteiger partial charge in [-0.1, -0.05) is 43.0 Å². The maximum absolute atomic E-state index is 12.5. The summed E-state index contributed by atoms with van der Waals surface area (Å²) in [6, 6.07) is 15.8. The average Bonchev–Trinajstić information content (AvgIpc) is 3.15. The van der Waals surface area contributed by atoms with Crippen molar-refractivity contribution in [3.05, 3.63) is 77.0 Å². The number of anilines is 1. The third kappa shape index (κ3) is 3.41. The highest BCUT2D eigenvalue weighted by molar-refractivity contribution is 7.11. The van der Waals surface area contributed by atoms with Crippen LogP contribution in [-0.2, 0) is 4.79 Å². The molecule has 1 N–H and O–H groups in total. The zero-order valence-electron chi connectivity index (χ0n) is 15.6. The van der Waals surface area contributed by atoms with E-state index in [2.05, 4.69) is 17.3 Å². The van der Waals surface area contributed by atoms with Crippen LogP contribution < -0.4 is 14.8 Å². The van der Waals surface area contributed by atoms with Crippen LogP contribution in [0.3, 0.4) is 0 Å². The molecule has 28 heavy (non-hydrogen) atoms. The number of thiophene rings is 1. The van der Waals surface area contributed by atoms with E-state index in [1.54, 1.807) is 24.5 Å². The number of hydrogen-bond donors (Lipinski definition) is 1. The van der Waals surface area contributed by atoms with E-state index in [0.717, 1.165) is 38.8 Å². The van der Waals surface area contributed by atoms with Gasteiger partial charge in [0.1, 0.15) is 18.1 Å². The molecule has 0 aliphatic carbocycles. The van der Waals surface area contributed by atoms with Crippen molar-refractivity contribution in [3.8, 4) is 22.6 Å². The van der Waals surface area contributed by atoms with E-state index in [9.17, 15) is 4.79 Å². The van der Waals surface area contributed by atoms with Crippen LogP contribution in [0.5, 0.6) is 11.5 Å². The predicted octanol–water partition coefficient (Wildman–Crippen LogP) is 5.46. The molecule has 142 valence electrons. The summed E-state index contributed by atoms with van der Waals surface area (Å²) in [6.07, 6.45) is 2.13. The fourth-order valence-corrected chi connectivity index (χ4v) is 4.66. The fraction of sp³-hybridized carbons (Fsp3) is 0.174. The number of carbonyl (C=O) groups is 1. The van der Waals surface area contributed by atoms with E-state index < -0.39 is 0 Å². The molecule has 3 aromatic rings. The zero-order valence-corrected chi connectivity index (χ0v) is 16.4. The van der Waals surface area contributed by atoms with Gasteiger partial charge in [0.25, 0.3) is 0 Å². The zero-order chi connectivity index (χ0) is 19.5. The van der Waals surface area contributed by atoms with Gasteiger partial charge in [-0.2, -0.15) is 0 Å². The lowest BCUT2D eigenvalue weighted by Crippen LogP contribution is -2.22. The summed E-state index contributed by atoms with van der Waals surface area (Å²) in [7, 11) is 1.65. The Hall–Kier alpha value is -3.05. The average molecular weight is 391 g/mol. The van der Waals surface area contributed by atoms with Crippen LogP contribution in [0, 0.1) is 0 Å². The van der Waals surface area contributed by atoms with Gasteiger partial charge < -0.3 is 14.8 Å². The van der Waals surface area contributed by atoms with Crippen molar-refractivity contribution in [1.82, 2.24) is 0 Å². The maximum Gasteiger partial charge on any atom is 0.225 e. The second-order valence-corrected chi connectivity index (χ2v) is 7.47. The molecule has 0 saturated heterocycles. The van der Waals surface area contributed by atoms with Gasteiger partial charge in [-0.3, -0.25) is 4.79 Å². The van der Waals surface area contributed by atoms with E-state index in [-0.39, 0.29) is 11.8 Å². The van der Waals surface area contributed by atoms with Crippen LogP contribution >= 0.6 is 11.3 Å². The highest BCUT2D eigenvalue weighted by atomic mass is 32.1. The van der Waals surface area contributed by atoms with Crippen molar-refractivity contribution >= 4 is 22.9 Å². The largest absolute Gasteiger partial charge is 0.497 e. The molecule has 0 radical (unpaired) electrons. The van der Waals surface area contributed by atoms with E-state index in [0.29, 0.717) is 13.0 Å². The van der Waals surface area contributed by atoms with Crippen LogP contribution in [0.25, 0.3) is 11.1 Å². The standard InChI is InChI=1S/C23H21NO3S/c1-3-12-27-20-7-5-4-6-17(20)18-13-21(25)24-22-19(14-28-23(18)22)15-8-10-16(26-2)11-9-15/h3-11,14,18H,1,12-13H2,2H3,(H,24,25). The number of amides is 1. The molecule has 0 bridgehead atoms. The number of methoxy groups -OCH3 is 1. The quantitative estimate of drug-likeness (QED) is 0.568. The predicted molar refractivity (Wildman–Crippen MR) is 114 cm³/mol. The van der Waals surface area contributed by atoms with Crippen LogP contribution in [0.4, 0.5) is 5.69 Å². The first kappa shape index (κ1) is 18.3. The molecule has 5 heteroatoms. The number of fused-ring (bicyclic) bond motifs is 1. The highest BCUT2D eigenvalue weighted by Gasteiger charge is 2.32. The third-order valence-corrected chi connectivity index (χ3v) is 5.94. The maximum atomic E-state index is 12.5. The van der Waals surface area contributed by atoms with E-state index in [1.807, 2.05) is 48.5 Å². The molecule has 0 saturated carbocycles. The van der Waals surface area contributed by atoms with E-state index in [1.165, 1.54) is 0 Å². The van der Waals surface area contributed by atoms with Crippen LogP contribution in [0.2, 0.25) is 0 Å². The lowest BCUT2D eigenvalue weighted by atomic mass is 9.88. The first-order valence-corrected chi connectivity index (χ1v) is 9.97. The molecule has 1 aliphatic rings. The molecule has 1 atom stereocenters. The molecule has 4 rings (SSSR count). The third-order valence-electron chi connectivity index (χ3n) is 4.84. The molecular formula is C23H21NO3S. The van der Waals surface area contributed by atoms with Gasteiger partial charge in [-0.25, -0.2) is 0 Å². The second kappa shape index (κ2) is 7.90. The molecular weight excluding hydrogens is 370 g/mol. The van der Waals surface area contributed by atoms with Gasteiger partial charge in [0.2, 0.25) is 5.91 Å². The molecule has 0 spiro atoms. The lowest BCUT2D eigenvalue weighted by Gasteiger charge is -2.25. The monoisotopic (exact) mass is 391 g/mol.